The lowest BCUT2D eigenvalue weighted by atomic mass is 10.0. The first-order chi connectivity index (χ1) is 28.5. The highest BCUT2D eigenvalue weighted by Crippen LogP contribution is 2.18. The van der Waals surface area contributed by atoms with Crippen LogP contribution in [0.2, 0.25) is 0 Å². The van der Waals surface area contributed by atoms with Crippen molar-refractivity contribution in [3.8, 4) is 0 Å². The SMILES string of the molecule is CC/C=C/C=C/C=C/C=C\CCCCCC(CC(=O)NC(CO)C(O)CCCCCCCCCCCCCCCCCC)OC(=O)CCCCCCCCCCCC. The van der Waals surface area contributed by atoms with Crippen LogP contribution in [-0.4, -0.2) is 46.9 Å². The number of allylic oxidation sites excluding steroid dienone is 8. The number of aliphatic hydroxyl groups is 2. The van der Waals surface area contributed by atoms with E-state index in [2.05, 4.69) is 50.4 Å². The van der Waals surface area contributed by atoms with E-state index in [0.717, 1.165) is 70.6 Å². The van der Waals surface area contributed by atoms with Crippen molar-refractivity contribution in [2.45, 2.75) is 264 Å². The lowest BCUT2D eigenvalue weighted by Gasteiger charge is -2.24. The highest BCUT2D eigenvalue weighted by atomic mass is 16.5. The lowest BCUT2D eigenvalue weighted by molar-refractivity contribution is -0.151. The van der Waals surface area contributed by atoms with Crippen molar-refractivity contribution in [3.05, 3.63) is 48.6 Å². The Morgan fingerprint density at radius 2 is 0.931 bits per heavy atom. The average Bonchev–Trinajstić information content (AvgIpc) is 3.22. The quantitative estimate of drug-likeness (QED) is 0.0323. The average molecular weight is 814 g/mol. The Balaban J connectivity index is 4.56. The number of carbonyl (C=O) groups is 2. The van der Waals surface area contributed by atoms with Crippen molar-refractivity contribution >= 4 is 11.9 Å². The Morgan fingerprint density at radius 3 is 1.41 bits per heavy atom. The number of amides is 1. The molecule has 0 aliphatic heterocycles. The van der Waals surface area contributed by atoms with Crippen molar-refractivity contribution in [1.82, 2.24) is 5.32 Å². The van der Waals surface area contributed by atoms with E-state index >= 15 is 0 Å². The number of carbonyl (C=O) groups excluding carboxylic acids is 2. The summed E-state index contributed by atoms with van der Waals surface area (Å²) in [4.78, 5) is 26.0. The number of esters is 1. The van der Waals surface area contributed by atoms with Gasteiger partial charge in [0.25, 0.3) is 0 Å². The largest absolute Gasteiger partial charge is 0.462 e. The van der Waals surface area contributed by atoms with E-state index in [1.165, 1.54) is 128 Å². The van der Waals surface area contributed by atoms with E-state index in [-0.39, 0.29) is 24.9 Å². The van der Waals surface area contributed by atoms with E-state index in [0.29, 0.717) is 19.3 Å². The van der Waals surface area contributed by atoms with Crippen molar-refractivity contribution in [2.24, 2.45) is 0 Å². The van der Waals surface area contributed by atoms with Gasteiger partial charge in [-0.3, -0.25) is 9.59 Å². The molecule has 0 radical (unpaired) electrons. The summed E-state index contributed by atoms with van der Waals surface area (Å²) in [6.07, 6.45) is 54.6. The Kier molecular flexibility index (Phi) is 44.2. The van der Waals surface area contributed by atoms with Gasteiger partial charge in [0.1, 0.15) is 6.10 Å². The molecule has 3 unspecified atom stereocenters. The number of ether oxygens (including phenoxy) is 1. The summed E-state index contributed by atoms with van der Waals surface area (Å²) in [5, 5.41) is 23.7. The molecule has 58 heavy (non-hydrogen) atoms. The van der Waals surface area contributed by atoms with Gasteiger partial charge in [0, 0.05) is 6.42 Å². The van der Waals surface area contributed by atoms with Gasteiger partial charge < -0.3 is 20.3 Å². The number of rotatable bonds is 44. The molecule has 0 aromatic carbocycles. The normalized spacial score (nSPS) is 13.7. The zero-order valence-corrected chi connectivity index (χ0v) is 38.4. The molecular weight excluding hydrogens is 719 g/mol. The minimum absolute atomic E-state index is 0.0533. The highest BCUT2D eigenvalue weighted by Gasteiger charge is 2.24. The van der Waals surface area contributed by atoms with Crippen LogP contribution >= 0.6 is 0 Å². The van der Waals surface area contributed by atoms with Crippen LogP contribution < -0.4 is 5.32 Å². The third-order valence-electron chi connectivity index (χ3n) is 11.3. The first kappa shape index (κ1) is 55.8. The van der Waals surface area contributed by atoms with Crippen molar-refractivity contribution in [1.29, 1.82) is 0 Å². The Labute approximate surface area is 359 Å². The summed E-state index contributed by atoms with van der Waals surface area (Å²) < 4.78 is 5.89. The molecule has 338 valence electrons. The molecule has 3 N–H and O–H groups in total. The van der Waals surface area contributed by atoms with Crippen LogP contribution in [0.3, 0.4) is 0 Å². The molecule has 0 saturated carbocycles. The van der Waals surface area contributed by atoms with Gasteiger partial charge >= 0.3 is 5.97 Å². The molecule has 0 heterocycles. The number of unbranched alkanes of at least 4 members (excludes halogenated alkanes) is 27. The summed E-state index contributed by atoms with van der Waals surface area (Å²) in [6, 6.07) is -0.712. The van der Waals surface area contributed by atoms with E-state index in [9.17, 15) is 19.8 Å². The predicted molar refractivity (Wildman–Crippen MR) is 250 cm³/mol. The fourth-order valence-corrected chi connectivity index (χ4v) is 7.50. The minimum Gasteiger partial charge on any atom is -0.462 e. The number of hydrogen-bond donors (Lipinski definition) is 3. The second kappa shape index (κ2) is 45.9. The van der Waals surface area contributed by atoms with E-state index in [4.69, 9.17) is 4.74 Å². The fraction of sp³-hybridized carbons (Fsp3) is 0.808. The van der Waals surface area contributed by atoms with E-state index in [1.54, 1.807) is 0 Å². The topological polar surface area (TPSA) is 95.9 Å². The molecule has 0 bridgehead atoms. The zero-order chi connectivity index (χ0) is 42.4. The molecule has 0 spiro atoms. The highest BCUT2D eigenvalue weighted by molar-refractivity contribution is 5.77. The monoisotopic (exact) mass is 814 g/mol. The van der Waals surface area contributed by atoms with Gasteiger partial charge in [-0.25, -0.2) is 0 Å². The van der Waals surface area contributed by atoms with Crippen LogP contribution in [0.4, 0.5) is 0 Å². The standard InChI is InChI=1S/C52H95NO5/c1-4-7-10-13-16-19-22-24-25-26-28-30-32-35-38-41-44-50(55)49(47-54)53-51(56)46-48(43-40-37-34-31-29-27-23-20-17-14-11-8-5-2)58-52(57)45-42-39-36-33-21-18-15-12-9-6-3/h8,11,14,17,20,23,27,29,48-50,54-55H,4-7,9-10,12-13,15-16,18-19,21-22,24-26,28,30-47H2,1-3H3,(H,53,56)/b11-8+,17-14+,23-20+,29-27-. The number of hydrogen-bond acceptors (Lipinski definition) is 5. The molecule has 1 amide bonds. The van der Waals surface area contributed by atoms with Crippen LogP contribution in [0, 0.1) is 0 Å². The maximum absolute atomic E-state index is 13.2. The summed E-state index contributed by atoms with van der Waals surface area (Å²) in [6.45, 7) is 6.33. The van der Waals surface area contributed by atoms with Crippen LogP contribution in [0.15, 0.2) is 48.6 Å². The van der Waals surface area contributed by atoms with E-state index in [1.807, 2.05) is 24.3 Å². The summed E-state index contributed by atoms with van der Waals surface area (Å²) in [7, 11) is 0. The molecular formula is C52H95NO5. The summed E-state index contributed by atoms with van der Waals surface area (Å²) >= 11 is 0. The molecule has 0 aromatic rings. The zero-order valence-electron chi connectivity index (χ0n) is 38.4. The third-order valence-corrected chi connectivity index (χ3v) is 11.3. The molecule has 6 heteroatoms. The fourth-order valence-electron chi connectivity index (χ4n) is 7.50. The van der Waals surface area contributed by atoms with Gasteiger partial charge in [-0.15, -0.1) is 0 Å². The van der Waals surface area contributed by atoms with Crippen LogP contribution in [0.25, 0.3) is 0 Å². The van der Waals surface area contributed by atoms with Crippen LogP contribution in [0.5, 0.6) is 0 Å². The summed E-state index contributed by atoms with van der Waals surface area (Å²) in [5.74, 6) is -0.510. The maximum atomic E-state index is 13.2. The van der Waals surface area contributed by atoms with Crippen molar-refractivity contribution in [2.75, 3.05) is 6.61 Å². The first-order valence-corrected chi connectivity index (χ1v) is 24.9. The second-order valence-corrected chi connectivity index (χ2v) is 16.9. The smallest absolute Gasteiger partial charge is 0.306 e. The maximum Gasteiger partial charge on any atom is 0.306 e. The number of nitrogens with one attached hydrogen (secondary N) is 1. The van der Waals surface area contributed by atoms with Gasteiger partial charge in [-0.05, 0) is 44.9 Å². The summed E-state index contributed by atoms with van der Waals surface area (Å²) in [5.41, 5.74) is 0. The lowest BCUT2D eigenvalue weighted by Crippen LogP contribution is -2.46. The number of aliphatic hydroxyl groups excluding tert-OH is 2. The van der Waals surface area contributed by atoms with Gasteiger partial charge in [-0.1, -0.05) is 236 Å². The van der Waals surface area contributed by atoms with Gasteiger partial charge in [0.2, 0.25) is 5.91 Å². The van der Waals surface area contributed by atoms with Crippen molar-refractivity contribution in [3.63, 3.8) is 0 Å². The van der Waals surface area contributed by atoms with Crippen molar-refractivity contribution < 1.29 is 24.5 Å². The Morgan fingerprint density at radius 1 is 0.517 bits per heavy atom. The molecule has 0 rings (SSSR count). The Bertz CT molecular complexity index is 1000. The van der Waals surface area contributed by atoms with Crippen LogP contribution in [-0.2, 0) is 14.3 Å². The Hall–Kier alpha value is -2.18. The van der Waals surface area contributed by atoms with Gasteiger partial charge in [0.15, 0.2) is 0 Å². The molecule has 0 fully saturated rings. The molecule has 0 saturated heterocycles. The third kappa shape index (κ3) is 40.6. The second-order valence-electron chi connectivity index (χ2n) is 16.9. The van der Waals surface area contributed by atoms with Gasteiger partial charge in [-0.2, -0.15) is 0 Å². The first-order valence-electron chi connectivity index (χ1n) is 24.9. The molecule has 6 nitrogen and oxygen atoms in total. The predicted octanol–water partition coefficient (Wildman–Crippen LogP) is 14.7. The molecule has 0 aliphatic rings. The van der Waals surface area contributed by atoms with Crippen LogP contribution in [0.1, 0.15) is 245 Å². The molecule has 0 aromatic heterocycles. The van der Waals surface area contributed by atoms with E-state index < -0.39 is 18.2 Å². The minimum atomic E-state index is -0.797. The molecule has 0 aliphatic carbocycles. The molecule has 3 atom stereocenters. The van der Waals surface area contributed by atoms with Gasteiger partial charge in [0.05, 0.1) is 25.2 Å².